The van der Waals surface area contributed by atoms with E-state index in [9.17, 15) is 46.6 Å². The maximum atomic E-state index is 13.4. The van der Waals surface area contributed by atoms with Gasteiger partial charge in [-0.2, -0.15) is 10.6 Å². The third kappa shape index (κ3) is 6.97. The molecule has 11 nitrogen and oxygen atoms in total. The first kappa shape index (κ1) is 29.1. The average molecular weight is 570 g/mol. The summed E-state index contributed by atoms with van der Waals surface area (Å²) in [5.41, 5.74) is -0.288. The molecule has 4 rings (SSSR count). The number of aliphatic hydroxyl groups is 1. The number of carbonyl (C=O) groups excluding carboxylic acids is 4. The molecule has 38 heavy (non-hydrogen) atoms. The second-order valence-electron chi connectivity index (χ2n) is 11.0. The monoisotopic (exact) mass is 569 g/mol. The highest BCUT2D eigenvalue weighted by Gasteiger charge is 2.56. The van der Waals surface area contributed by atoms with Crippen LogP contribution in [0.3, 0.4) is 0 Å². The van der Waals surface area contributed by atoms with Gasteiger partial charge in [-0.3, -0.25) is 33.0 Å². The number of nitrogens with one attached hydrogen (secondary N) is 2. The van der Waals surface area contributed by atoms with E-state index in [-0.39, 0.29) is 55.1 Å². The Morgan fingerprint density at radius 3 is 2.39 bits per heavy atom. The summed E-state index contributed by atoms with van der Waals surface area (Å²) >= 11 is 0. The molecule has 4 fully saturated rings. The number of hydrogen-bond acceptors (Lipinski definition) is 8. The molecule has 1 spiro atoms. The summed E-state index contributed by atoms with van der Waals surface area (Å²) in [6, 6.07) is -2.47. The number of hydrogen-bond donors (Lipinski definition) is 5. The molecule has 0 aromatic carbocycles. The third-order valence-corrected chi connectivity index (χ3v) is 9.93. The van der Waals surface area contributed by atoms with Gasteiger partial charge in [0.25, 0.3) is 5.91 Å². The molecule has 0 radical (unpaired) electrons. The lowest BCUT2D eigenvalue weighted by Gasteiger charge is -2.40. The number of amides is 3. The molecule has 216 valence electrons. The number of Topliss-reactive ketones (excluding diaryl/α,β-unsaturated/α-hetero) is 1. The van der Waals surface area contributed by atoms with Crippen molar-refractivity contribution in [2.45, 2.75) is 69.5 Å². The van der Waals surface area contributed by atoms with Crippen LogP contribution in [0, 0.1) is 17.3 Å². The molecule has 5 N–H and O–H groups in total. The fraction of sp³-hybridized carbons (Fsp3) is 0.826. The molecule has 1 aliphatic carbocycles. The zero-order valence-electron chi connectivity index (χ0n) is 20.7. The summed E-state index contributed by atoms with van der Waals surface area (Å²) in [7, 11) is -2.72. The van der Waals surface area contributed by atoms with Crippen LogP contribution >= 0.6 is 10.6 Å². The van der Waals surface area contributed by atoms with E-state index >= 15 is 0 Å². The average Bonchev–Trinajstić information content (AvgIpc) is 3.30. The van der Waals surface area contributed by atoms with Crippen molar-refractivity contribution < 1.29 is 51.3 Å². The second-order valence-corrected chi connectivity index (χ2v) is 13.4. The lowest BCUT2D eigenvalue weighted by molar-refractivity contribution is -0.321. The molecule has 1 saturated carbocycles. The maximum absolute atomic E-state index is 13.4. The van der Waals surface area contributed by atoms with Crippen molar-refractivity contribution in [3.63, 3.8) is 0 Å². The van der Waals surface area contributed by atoms with Crippen LogP contribution in [0.4, 0.5) is 13.2 Å². The topological polar surface area (TPSA) is 166 Å². The number of halogens is 3. The number of rotatable bonds is 9. The van der Waals surface area contributed by atoms with Gasteiger partial charge in [-0.1, -0.05) is 0 Å². The number of carbonyl (C=O) groups is 4. The van der Waals surface area contributed by atoms with Gasteiger partial charge in [-0.25, -0.2) is 0 Å². The largest absolute Gasteiger partial charge is 0.522 e. The zero-order chi connectivity index (χ0) is 27.9. The SMILES string of the molecule is O=C1NCCC1CC(NC(=O)[C@@H]1CC2(CC2)CN1C(=O)C(O)C1CCS(O)(O)CC1)C(=O)COC(F)(F)F. The van der Waals surface area contributed by atoms with Crippen LogP contribution in [-0.2, 0) is 23.9 Å². The van der Waals surface area contributed by atoms with Crippen molar-refractivity contribution in [1.29, 1.82) is 0 Å². The highest BCUT2D eigenvalue weighted by Crippen LogP contribution is 2.55. The fourth-order valence-corrected chi connectivity index (χ4v) is 7.19. The molecule has 3 saturated heterocycles. The van der Waals surface area contributed by atoms with Gasteiger partial charge < -0.3 is 20.6 Å². The van der Waals surface area contributed by atoms with Gasteiger partial charge in [0.2, 0.25) is 11.8 Å². The van der Waals surface area contributed by atoms with Crippen LogP contribution in [-0.4, -0.2) is 98.4 Å². The lowest BCUT2D eigenvalue weighted by Crippen LogP contribution is -2.54. The fourth-order valence-electron chi connectivity index (χ4n) is 5.62. The highest BCUT2D eigenvalue weighted by atomic mass is 32.3. The summed E-state index contributed by atoms with van der Waals surface area (Å²) in [4.78, 5) is 52.6. The predicted molar refractivity (Wildman–Crippen MR) is 128 cm³/mol. The molecule has 0 bridgehead atoms. The summed E-state index contributed by atoms with van der Waals surface area (Å²) in [5, 5.41) is 15.9. The van der Waals surface area contributed by atoms with E-state index in [0.29, 0.717) is 13.0 Å². The lowest BCUT2D eigenvalue weighted by atomic mass is 9.94. The first-order valence-corrected chi connectivity index (χ1v) is 14.6. The summed E-state index contributed by atoms with van der Waals surface area (Å²) in [5.74, 6) is -3.85. The van der Waals surface area contributed by atoms with Crippen molar-refractivity contribution in [3.8, 4) is 0 Å². The number of likely N-dealkylation sites (tertiary alicyclic amines) is 1. The Morgan fingerprint density at radius 1 is 1.18 bits per heavy atom. The van der Waals surface area contributed by atoms with Crippen molar-refractivity contribution >= 4 is 34.1 Å². The molecule has 3 aliphatic heterocycles. The van der Waals surface area contributed by atoms with E-state index in [2.05, 4.69) is 15.4 Å². The molecule has 3 amide bonds. The van der Waals surface area contributed by atoms with Crippen molar-refractivity contribution in [1.82, 2.24) is 15.5 Å². The summed E-state index contributed by atoms with van der Waals surface area (Å²) in [6.45, 7) is -0.762. The Bertz CT molecular complexity index is 951. The van der Waals surface area contributed by atoms with Gasteiger partial charge in [0.05, 0.1) is 6.04 Å². The molecular weight excluding hydrogens is 535 g/mol. The normalized spacial score (nSPS) is 29.0. The van der Waals surface area contributed by atoms with E-state index in [1.165, 1.54) is 4.90 Å². The van der Waals surface area contributed by atoms with Crippen LogP contribution < -0.4 is 10.6 Å². The van der Waals surface area contributed by atoms with Crippen molar-refractivity contribution in [2.24, 2.45) is 17.3 Å². The molecule has 3 unspecified atom stereocenters. The number of ether oxygens (including phenoxy) is 1. The van der Waals surface area contributed by atoms with Crippen LogP contribution in [0.15, 0.2) is 0 Å². The van der Waals surface area contributed by atoms with E-state index in [0.717, 1.165) is 12.8 Å². The van der Waals surface area contributed by atoms with Crippen molar-refractivity contribution in [2.75, 3.05) is 31.2 Å². The van der Waals surface area contributed by atoms with Gasteiger partial charge in [0.15, 0.2) is 5.78 Å². The third-order valence-electron chi connectivity index (χ3n) is 8.15. The van der Waals surface area contributed by atoms with Crippen LogP contribution in [0.25, 0.3) is 0 Å². The van der Waals surface area contributed by atoms with E-state index in [4.69, 9.17) is 0 Å². The molecule has 3 heterocycles. The van der Waals surface area contributed by atoms with Crippen LogP contribution in [0.5, 0.6) is 0 Å². The quantitative estimate of drug-likeness (QED) is 0.274. The first-order chi connectivity index (χ1) is 17.7. The number of ketones is 1. The molecule has 0 aromatic rings. The molecule has 4 aliphatic rings. The van der Waals surface area contributed by atoms with Crippen molar-refractivity contribution in [3.05, 3.63) is 0 Å². The van der Waals surface area contributed by atoms with E-state index in [1.54, 1.807) is 0 Å². The Labute approximate surface area is 219 Å². The molecule has 0 aromatic heterocycles. The molecule has 4 atom stereocenters. The Balaban J connectivity index is 1.45. The minimum atomic E-state index is -5.05. The number of alkyl halides is 3. The Morgan fingerprint density at radius 2 is 1.84 bits per heavy atom. The van der Waals surface area contributed by atoms with E-state index < -0.39 is 71.2 Å². The van der Waals surface area contributed by atoms with Gasteiger partial charge in [0, 0.05) is 30.5 Å². The van der Waals surface area contributed by atoms with Crippen LogP contribution in [0.1, 0.15) is 44.9 Å². The molecule has 15 heteroatoms. The van der Waals surface area contributed by atoms with E-state index in [1.807, 2.05) is 0 Å². The summed E-state index contributed by atoms with van der Waals surface area (Å²) < 4.78 is 60.9. The Kier molecular flexibility index (Phi) is 8.34. The van der Waals surface area contributed by atoms with Gasteiger partial charge in [0.1, 0.15) is 18.8 Å². The zero-order valence-corrected chi connectivity index (χ0v) is 21.6. The van der Waals surface area contributed by atoms with Crippen LogP contribution in [0.2, 0.25) is 0 Å². The maximum Gasteiger partial charge on any atom is 0.522 e. The standard InChI is InChI=1S/C23H34F3N3O8S/c24-23(25,26)37-11-17(30)15(9-14-1-6-27-19(14)32)28-20(33)16-10-22(4-5-22)12-29(16)21(34)18(31)13-2-7-38(35,36)8-3-13/h13-16,18,31,35-36H,1-12H2,(H,27,32)(H,28,33)/t14?,15?,16-,18?/m0/s1. The smallest absolute Gasteiger partial charge is 0.383 e. The Hall–Kier alpha value is -1.94. The van der Waals surface area contributed by atoms with Gasteiger partial charge in [-0.05, 0) is 56.3 Å². The predicted octanol–water partition coefficient (Wildman–Crippen LogP) is 1.01. The number of aliphatic hydroxyl groups excluding tert-OH is 1. The second kappa shape index (κ2) is 10.9. The minimum absolute atomic E-state index is 0.0778. The number of nitrogens with zero attached hydrogens (tertiary/aromatic N) is 1. The van der Waals surface area contributed by atoms with Gasteiger partial charge >= 0.3 is 6.36 Å². The summed E-state index contributed by atoms with van der Waals surface area (Å²) in [6.07, 6.45) is -4.05. The highest BCUT2D eigenvalue weighted by molar-refractivity contribution is 8.24. The molecular formula is C23H34F3N3O8S. The first-order valence-electron chi connectivity index (χ1n) is 12.7. The van der Waals surface area contributed by atoms with Gasteiger partial charge in [-0.15, -0.1) is 13.2 Å². The minimum Gasteiger partial charge on any atom is -0.383 e.